The molecule has 4 atom stereocenters. The van der Waals surface area contributed by atoms with E-state index >= 15 is 0 Å². The number of carboxylic acids is 1. The molecule has 0 amide bonds. The lowest BCUT2D eigenvalue weighted by atomic mass is 10.1. The van der Waals surface area contributed by atoms with E-state index in [0.717, 1.165) is 0 Å². The monoisotopic (exact) mass is 177 g/mol. The van der Waals surface area contributed by atoms with Crippen molar-refractivity contribution >= 4 is 5.97 Å². The number of hydrogen-bond acceptors (Lipinski definition) is 5. The van der Waals surface area contributed by atoms with Crippen LogP contribution in [0.25, 0.3) is 0 Å². The van der Waals surface area contributed by atoms with Crippen molar-refractivity contribution in [2.24, 2.45) is 5.73 Å². The molecule has 0 bridgehead atoms. The van der Waals surface area contributed by atoms with Gasteiger partial charge in [-0.15, -0.1) is 0 Å². The third-order valence-corrected chi connectivity index (χ3v) is 1.84. The summed E-state index contributed by atoms with van der Waals surface area (Å²) >= 11 is 0. The zero-order valence-corrected chi connectivity index (χ0v) is 6.25. The van der Waals surface area contributed by atoms with Gasteiger partial charge >= 0.3 is 5.97 Å². The standard InChI is InChI=1S/C6H11NO5/c7-1-2-3(8)4(9)5(12-2)6(10)11/h2-5,8-9H,1,7H2,(H,10,11)/t2-,3?,4-,5+/m0/s1. The second kappa shape index (κ2) is 3.36. The highest BCUT2D eigenvalue weighted by Crippen LogP contribution is 2.20. The van der Waals surface area contributed by atoms with Gasteiger partial charge in [0.05, 0.1) is 6.10 Å². The van der Waals surface area contributed by atoms with Crippen LogP contribution in [0.5, 0.6) is 0 Å². The fourth-order valence-corrected chi connectivity index (χ4v) is 1.15. The molecule has 1 fully saturated rings. The Balaban J connectivity index is 2.66. The maximum Gasteiger partial charge on any atom is 0.335 e. The van der Waals surface area contributed by atoms with E-state index in [9.17, 15) is 4.79 Å². The molecule has 6 nitrogen and oxygen atoms in total. The number of nitrogens with two attached hydrogens (primary N) is 1. The molecule has 0 aromatic rings. The lowest BCUT2D eigenvalue weighted by molar-refractivity contribution is -0.153. The summed E-state index contributed by atoms with van der Waals surface area (Å²) in [6.45, 7) is -0.0119. The molecule has 0 saturated carbocycles. The molecule has 0 aromatic heterocycles. The molecule has 0 aliphatic carbocycles. The predicted octanol–water partition coefficient (Wildman–Crippen LogP) is -2.48. The number of carboxylic acid groups (broad SMARTS) is 1. The maximum absolute atomic E-state index is 10.4. The topological polar surface area (TPSA) is 113 Å². The van der Waals surface area contributed by atoms with Crippen LogP contribution in [0.2, 0.25) is 0 Å². The molecule has 12 heavy (non-hydrogen) atoms. The summed E-state index contributed by atoms with van der Waals surface area (Å²) in [7, 11) is 0. The molecule has 70 valence electrons. The Kier molecular flexibility index (Phi) is 2.63. The van der Waals surface area contributed by atoms with E-state index in [1.54, 1.807) is 0 Å². The van der Waals surface area contributed by atoms with Crippen molar-refractivity contribution in [2.45, 2.75) is 24.4 Å². The van der Waals surface area contributed by atoms with E-state index in [1.165, 1.54) is 0 Å². The number of aliphatic carboxylic acids is 1. The lowest BCUT2D eigenvalue weighted by Gasteiger charge is -2.10. The van der Waals surface area contributed by atoms with Gasteiger partial charge in [0, 0.05) is 6.54 Å². The Morgan fingerprint density at radius 2 is 2.00 bits per heavy atom. The van der Waals surface area contributed by atoms with E-state index in [2.05, 4.69) is 0 Å². The molecule has 1 unspecified atom stereocenters. The summed E-state index contributed by atoms with van der Waals surface area (Å²) in [5.74, 6) is -1.29. The minimum atomic E-state index is -1.39. The van der Waals surface area contributed by atoms with Gasteiger partial charge in [0.25, 0.3) is 0 Å². The first-order chi connectivity index (χ1) is 5.57. The van der Waals surface area contributed by atoms with Crippen LogP contribution in [0, 0.1) is 0 Å². The molecule has 1 saturated heterocycles. The van der Waals surface area contributed by atoms with Gasteiger partial charge in [-0.2, -0.15) is 0 Å². The van der Waals surface area contributed by atoms with Crippen molar-refractivity contribution in [2.75, 3.05) is 6.54 Å². The number of carbonyl (C=O) groups is 1. The van der Waals surface area contributed by atoms with Gasteiger partial charge in [0.15, 0.2) is 6.10 Å². The Bertz CT molecular complexity index is 185. The molecule has 1 rings (SSSR count). The summed E-state index contributed by atoms with van der Waals surface area (Å²) in [5.41, 5.74) is 5.16. The quantitative estimate of drug-likeness (QED) is 0.371. The molecule has 0 radical (unpaired) electrons. The average molecular weight is 177 g/mol. The Morgan fingerprint density at radius 1 is 1.42 bits per heavy atom. The van der Waals surface area contributed by atoms with Crippen molar-refractivity contribution in [3.8, 4) is 0 Å². The molecule has 1 heterocycles. The summed E-state index contributed by atoms with van der Waals surface area (Å²) in [6.07, 6.45) is -4.76. The molecule has 0 spiro atoms. The van der Waals surface area contributed by atoms with Gasteiger partial charge in [0.2, 0.25) is 0 Å². The van der Waals surface area contributed by atoms with Gasteiger partial charge < -0.3 is 25.8 Å². The first-order valence-electron chi connectivity index (χ1n) is 3.52. The zero-order valence-electron chi connectivity index (χ0n) is 6.25. The number of aliphatic hydroxyl groups is 2. The Hall–Kier alpha value is -0.690. The summed E-state index contributed by atoms with van der Waals surface area (Å²) < 4.78 is 4.77. The van der Waals surface area contributed by atoms with Crippen LogP contribution in [0.15, 0.2) is 0 Å². The number of hydrogen-bond donors (Lipinski definition) is 4. The van der Waals surface area contributed by atoms with E-state index in [0.29, 0.717) is 0 Å². The molecular formula is C6H11NO5. The highest BCUT2D eigenvalue weighted by molar-refractivity contribution is 5.73. The smallest absolute Gasteiger partial charge is 0.335 e. The van der Waals surface area contributed by atoms with E-state index < -0.39 is 30.4 Å². The third kappa shape index (κ3) is 1.42. The number of rotatable bonds is 2. The van der Waals surface area contributed by atoms with Gasteiger partial charge in [-0.1, -0.05) is 0 Å². The van der Waals surface area contributed by atoms with Crippen molar-refractivity contribution in [3.05, 3.63) is 0 Å². The number of ether oxygens (including phenoxy) is 1. The van der Waals surface area contributed by atoms with E-state index in [4.69, 9.17) is 25.8 Å². The van der Waals surface area contributed by atoms with Crippen LogP contribution in [-0.2, 0) is 9.53 Å². The molecule has 5 N–H and O–H groups in total. The van der Waals surface area contributed by atoms with Crippen LogP contribution in [0.4, 0.5) is 0 Å². The van der Waals surface area contributed by atoms with Crippen molar-refractivity contribution < 1.29 is 24.9 Å². The van der Waals surface area contributed by atoms with Crippen LogP contribution in [-0.4, -0.2) is 52.2 Å². The van der Waals surface area contributed by atoms with Crippen LogP contribution in [0.1, 0.15) is 0 Å². The fraction of sp³-hybridized carbons (Fsp3) is 0.833. The molecule has 1 aliphatic rings. The van der Waals surface area contributed by atoms with Gasteiger partial charge in [-0.05, 0) is 0 Å². The highest BCUT2D eigenvalue weighted by atomic mass is 16.6. The SMILES string of the molecule is NC[C@@H]1O[C@@H](C(=O)O)[C@@H](O)C1O. The van der Waals surface area contributed by atoms with Crippen LogP contribution < -0.4 is 5.73 Å². The first-order valence-corrected chi connectivity index (χ1v) is 3.52. The second-order valence-electron chi connectivity index (χ2n) is 2.65. The Morgan fingerprint density at radius 3 is 2.25 bits per heavy atom. The van der Waals surface area contributed by atoms with Crippen molar-refractivity contribution in [3.63, 3.8) is 0 Å². The van der Waals surface area contributed by atoms with Gasteiger partial charge in [-0.25, -0.2) is 4.79 Å². The van der Waals surface area contributed by atoms with E-state index in [1.807, 2.05) is 0 Å². The van der Waals surface area contributed by atoms with Gasteiger partial charge in [0.1, 0.15) is 12.2 Å². The lowest BCUT2D eigenvalue weighted by Crippen LogP contribution is -2.37. The minimum Gasteiger partial charge on any atom is -0.479 e. The van der Waals surface area contributed by atoms with Gasteiger partial charge in [-0.3, -0.25) is 0 Å². The van der Waals surface area contributed by atoms with Crippen molar-refractivity contribution in [1.29, 1.82) is 0 Å². The van der Waals surface area contributed by atoms with E-state index in [-0.39, 0.29) is 6.54 Å². The first kappa shape index (κ1) is 9.40. The van der Waals surface area contributed by atoms with Crippen molar-refractivity contribution in [1.82, 2.24) is 0 Å². The van der Waals surface area contributed by atoms with Crippen LogP contribution in [0.3, 0.4) is 0 Å². The normalized spacial score (nSPS) is 41.6. The zero-order chi connectivity index (χ0) is 9.30. The molecule has 1 aliphatic heterocycles. The summed E-state index contributed by atoms with van der Waals surface area (Å²) in [4.78, 5) is 10.4. The number of aliphatic hydroxyl groups excluding tert-OH is 2. The predicted molar refractivity (Wildman–Crippen MR) is 37.4 cm³/mol. The summed E-state index contributed by atoms with van der Waals surface area (Å²) in [5, 5.41) is 26.8. The highest BCUT2D eigenvalue weighted by Gasteiger charge is 2.45. The fourth-order valence-electron chi connectivity index (χ4n) is 1.15. The maximum atomic E-state index is 10.4. The molecule has 0 aromatic carbocycles. The third-order valence-electron chi connectivity index (χ3n) is 1.84. The summed E-state index contributed by atoms with van der Waals surface area (Å²) in [6, 6.07) is 0. The molecule has 6 heteroatoms. The molecular weight excluding hydrogens is 166 g/mol. The van der Waals surface area contributed by atoms with Crippen LogP contribution >= 0.6 is 0 Å². The average Bonchev–Trinajstić information content (AvgIpc) is 2.30. The largest absolute Gasteiger partial charge is 0.479 e. The Labute approximate surface area is 68.6 Å². The second-order valence-corrected chi connectivity index (χ2v) is 2.65. The minimum absolute atomic E-state index is 0.0119.